The lowest BCUT2D eigenvalue weighted by molar-refractivity contribution is 0.323. The molecule has 5 nitrogen and oxygen atoms in total. The number of aryl methyl sites for hydroxylation is 1. The summed E-state index contributed by atoms with van der Waals surface area (Å²) in [6.45, 7) is 6.88. The van der Waals surface area contributed by atoms with Crippen LogP contribution < -0.4 is 15.4 Å². The molecule has 1 aromatic carbocycles. The molecule has 0 unspecified atom stereocenters. The van der Waals surface area contributed by atoms with Crippen LogP contribution in [0, 0.1) is 0 Å². The van der Waals surface area contributed by atoms with E-state index in [2.05, 4.69) is 51.8 Å². The van der Waals surface area contributed by atoms with Crippen molar-refractivity contribution in [2.75, 3.05) is 19.7 Å². The van der Waals surface area contributed by atoms with Crippen LogP contribution in [0.4, 0.5) is 0 Å². The Morgan fingerprint density at radius 3 is 2.68 bits per heavy atom. The van der Waals surface area contributed by atoms with Crippen LogP contribution in [0.15, 0.2) is 53.7 Å². The number of ether oxygens (including phenoxy) is 1. The van der Waals surface area contributed by atoms with E-state index in [-0.39, 0.29) is 0 Å². The number of nitrogens with zero attached hydrogens (tertiary/aromatic N) is 2. The van der Waals surface area contributed by atoms with Gasteiger partial charge in [0.15, 0.2) is 5.96 Å². The van der Waals surface area contributed by atoms with Crippen molar-refractivity contribution in [1.29, 1.82) is 0 Å². The molecule has 2 rings (SSSR count). The van der Waals surface area contributed by atoms with Gasteiger partial charge in [0.1, 0.15) is 0 Å². The predicted molar refractivity (Wildman–Crippen MR) is 103 cm³/mol. The number of rotatable bonds is 9. The van der Waals surface area contributed by atoms with Crippen LogP contribution in [0.5, 0.6) is 5.88 Å². The fourth-order valence-electron chi connectivity index (χ4n) is 2.46. The van der Waals surface area contributed by atoms with Gasteiger partial charge in [-0.05, 0) is 38.3 Å². The van der Waals surface area contributed by atoms with E-state index in [1.165, 1.54) is 5.56 Å². The number of hydrogen-bond acceptors (Lipinski definition) is 3. The molecule has 0 amide bonds. The summed E-state index contributed by atoms with van der Waals surface area (Å²) >= 11 is 0. The van der Waals surface area contributed by atoms with Crippen molar-refractivity contribution in [3.8, 4) is 5.88 Å². The summed E-state index contributed by atoms with van der Waals surface area (Å²) in [5.74, 6) is 1.48. The first-order valence-corrected chi connectivity index (χ1v) is 8.96. The van der Waals surface area contributed by atoms with Gasteiger partial charge in [0.25, 0.3) is 0 Å². The molecule has 5 heteroatoms. The zero-order chi connectivity index (χ0) is 17.7. The van der Waals surface area contributed by atoms with E-state index in [4.69, 9.17) is 4.74 Å². The van der Waals surface area contributed by atoms with E-state index < -0.39 is 0 Å². The van der Waals surface area contributed by atoms with Crippen LogP contribution in [-0.4, -0.2) is 30.6 Å². The third-order valence-electron chi connectivity index (χ3n) is 3.66. The zero-order valence-electron chi connectivity index (χ0n) is 15.2. The van der Waals surface area contributed by atoms with Gasteiger partial charge in [0.05, 0.1) is 13.2 Å². The Balaban J connectivity index is 1.85. The molecule has 0 aliphatic rings. The van der Waals surface area contributed by atoms with Crippen LogP contribution in [-0.2, 0) is 13.0 Å². The highest BCUT2D eigenvalue weighted by Gasteiger charge is 2.04. The molecule has 134 valence electrons. The fourth-order valence-corrected chi connectivity index (χ4v) is 2.46. The highest BCUT2D eigenvalue weighted by atomic mass is 16.5. The van der Waals surface area contributed by atoms with Crippen LogP contribution in [0.2, 0.25) is 0 Å². The molecule has 0 aliphatic carbocycles. The molecule has 2 N–H and O–H groups in total. The lowest BCUT2D eigenvalue weighted by Crippen LogP contribution is -2.37. The summed E-state index contributed by atoms with van der Waals surface area (Å²) in [6, 6.07) is 14.4. The molecular weight excluding hydrogens is 312 g/mol. The van der Waals surface area contributed by atoms with Gasteiger partial charge in [-0.15, -0.1) is 0 Å². The van der Waals surface area contributed by atoms with Crippen molar-refractivity contribution in [1.82, 2.24) is 15.6 Å². The first kappa shape index (κ1) is 18.8. The lowest BCUT2D eigenvalue weighted by atomic mass is 10.1. The molecule has 0 radical (unpaired) electrons. The molecule has 0 atom stereocenters. The van der Waals surface area contributed by atoms with E-state index in [9.17, 15) is 0 Å². The average Bonchev–Trinajstić information content (AvgIpc) is 2.65. The van der Waals surface area contributed by atoms with Gasteiger partial charge in [-0.2, -0.15) is 0 Å². The van der Waals surface area contributed by atoms with E-state index in [0.29, 0.717) is 19.0 Å². The second kappa shape index (κ2) is 11.1. The second-order valence-corrected chi connectivity index (χ2v) is 5.61. The third-order valence-corrected chi connectivity index (χ3v) is 3.66. The Morgan fingerprint density at radius 2 is 1.92 bits per heavy atom. The smallest absolute Gasteiger partial charge is 0.218 e. The van der Waals surface area contributed by atoms with Crippen molar-refractivity contribution in [2.24, 2.45) is 4.99 Å². The minimum absolute atomic E-state index is 0.539. The Morgan fingerprint density at radius 1 is 1.08 bits per heavy atom. The highest BCUT2D eigenvalue weighted by Crippen LogP contribution is 2.15. The molecule has 0 aliphatic heterocycles. The van der Waals surface area contributed by atoms with Crippen LogP contribution in [0.3, 0.4) is 0 Å². The maximum Gasteiger partial charge on any atom is 0.218 e. The van der Waals surface area contributed by atoms with Gasteiger partial charge in [-0.3, -0.25) is 0 Å². The van der Waals surface area contributed by atoms with Gasteiger partial charge in [0.2, 0.25) is 5.88 Å². The third kappa shape index (κ3) is 6.83. The molecule has 0 fully saturated rings. The number of pyridine rings is 1. The molecule has 2 aromatic rings. The van der Waals surface area contributed by atoms with Crippen LogP contribution >= 0.6 is 0 Å². The topological polar surface area (TPSA) is 58.5 Å². The summed E-state index contributed by atoms with van der Waals surface area (Å²) in [7, 11) is 0. The summed E-state index contributed by atoms with van der Waals surface area (Å²) < 4.78 is 5.56. The zero-order valence-corrected chi connectivity index (χ0v) is 15.2. The Labute approximate surface area is 150 Å². The van der Waals surface area contributed by atoms with E-state index in [1.807, 2.05) is 25.1 Å². The summed E-state index contributed by atoms with van der Waals surface area (Å²) in [4.78, 5) is 8.91. The summed E-state index contributed by atoms with van der Waals surface area (Å²) in [6.07, 6.45) is 3.86. The quantitative estimate of drug-likeness (QED) is 0.418. The normalized spacial score (nSPS) is 11.2. The number of nitrogens with one attached hydrogen (secondary N) is 2. The second-order valence-electron chi connectivity index (χ2n) is 5.61. The van der Waals surface area contributed by atoms with Gasteiger partial charge in [-0.25, -0.2) is 9.98 Å². The Kier molecular flexibility index (Phi) is 8.32. The minimum atomic E-state index is 0.539. The van der Waals surface area contributed by atoms with E-state index >= 15 is 0 Å². The van der Waals surface area contributed by atoms with Crippen molar-refractivity contribution in [2.45, 2.75) is 33.2 Å². The SMILES string of the molecule is CCNC(=NCc1cccnc1OCC)NCCCc1ccccc1. The molecule has 1 heterocycles. The van der Waals surface area contributed by atoms with Gasteiger partial charge in [0, 0.05) is 24.8 Å². The molecule has 0 saturated heterocycles. The van der Waals surface area contributed by atoms with E-state index in [0.717, 1.165) is 37.5 Å². The maximum atomic E-state index is 5.56. The largest absolute Gasteiger partial charge is 0.478 e. The first-order chi connectivity index (χ1) is 12.3. The Bertz CT molecular complexity index is 643. The molecule has 0 bridgehead atoms. The number of aliphatic imine (C=N–C) groups is 1. The van der Waals surface area contributed by atoms with Crippen molar-refractivity contribution >= 4 is 5.96 Å². The van der Waals surface area contributed by atoms with Crippen LogP contribution in [0.25, 0.3) is 0 Å². The maximum absolute atomic E-state index is 5.56. The fraction of sp³-hybridized carbons (Fsp3) is 0.400. The summed E-state index contributed by atoms with van der Waals surface area (Å²) in [5.41, 5.74) is 2.36. The average molecular weight is 340 g/mol. The summed E-state index contributed by atoms with van der Waals surface area (Å²) in [5, 5.41) is 6.67. The van der Waals surface area contributed by atoms with Gasteiger partial charge in [-0.1, -0.05) is 36.4 Å². The number of benzene rings is 1. The monoisotopic (exact) mass is 340 g/mol. The minimum Gasteiger partial charge on any atom is -0.478 e. The standard InChI is InChI=1S/C20H28N4O/c1-3-21-20(23-15-8-12-17-10-6-5-7-11-17)24-16-18-13-9-14-22-19(18)25-4-2/h5-7,9-11,13-14H,3-4,8,12,15-16H2,1-2H3,(H2,21,23,24). The van der Waals surface area contributed by atoms with Gasteiger partial charge < -0.3 is 15.4 Å². The van der Waals surface area contributed by atoms with Crippen molar-refractivity contribution in [3.05, 3.63) is 59.8 Å². The van der Waals surface area contributed by atoms with E-state index in [1.54, 1.807) is 6.20 Å². The van der Waals surface area contributed by atoms with Crippen molar-refractivity contribution in [3.63, 3.8) is 0 Å². The van der Waals surface area contributed by atoms with Crippen LogP contribution in [0.1, 0.15) is 31.4 Å². The highest BCUT2D eigenvalue weighted by molar-refractivity contribution is 5.79. The first-order valence-electron chi connectivity index (χ1n) is 8.96. The Hall–Kier alpha value is -2.56. The molecule has 0 saturated carbocycles. The number of guanidine groups is 1. The molecule has 25 heavy (non-hydrogen) atoms. The van der Waals surface area contributed by atoms with Crippen molar-refractivity contribution < 1.29 is 4.74 Å². The number of hydrogen-bond donors (Lipinski definition) is 2. The molecule has 1 aromatic heterocycles. The van der Waals surface area contributed by atoms with Gasteiger partial charge >= 0.3 is 0 Å². The lowest BCUT2D eigenvalue weighted by Gasteiger charge is -2.12. The predicted octanol–water partition coefficient (Wildman–Crippen LogP) is 3.17. The molecular formula is C20H28N4O. The molecule has 0 spiro atoms. The number of aromatic nitrogens is 1.